The van der Waals surface area contributed by atoms with Gasteiger partial charge in [-0.3, -0.25) is 4.40 Å². The number of nitrogens with zero attached hydrogens (tertiary/aromatic N) is 4. The lowest BCUT2D eigenvalue weighted by Crippen LogP contribution is -2.45. The zero-order valence-electron chi connectivity index (χ0n) is 15.5. The molecule has 1 aliphatic rings. The maximum Gasteiger partial charge on any atom is 0.350 e. The summed E-state index contributed by atoms with van der Waals surface area (Å²) in [5.41, 5.74) is 0.658. The first-order valence-electron chi connectivity index (χ1n) is 9.72. The van der Waals surface area contributed by atoms with Gasteiger partial charge in [0.05, 0.1) is 6.54 Å². The molecular weight excluding hydrogens is 314 g/mol. The number of hydrogen-bond donors (Lipinski definition) is 1. The Morgan fingerprint density at radius 2 is 2.04 bits per heavy atom. The molecule has 1 N–H and O–H groups in total. The zero-order chi connectivity index (χ0) is 17.6. The topological polar surface area (TPSA) is 54.6 Å². The van der Waals surface area contributed by atoms with Crippen molar-refractivity contribution in [1.82, 2.24) is 24.4 Å². The standard InChI is InChI=1S/C19H31N5O/c1-3-22(4-2)15-16-9-5-6-10-17(16)20-12-14-24-19(25)23-13-8-7-11-18(23)21-24/h7-8,11,13,16-17,20H,3-6,9-10,12,14-15H2,1-2H3/t16-,17-/m1/s1. The van der Waals surface area contributed by atoms with Crippen molar-refractivity contribution in [3.8, 4) is 0 Å². The fourth-order valence-corrected chi connectivity index (χ4v) is 3.98. The molecule has 138 valence electrons. The van der Waals surface area contributed by atoms with E-state index in [-0.39, 0.29) is 5.69 Å². The Kier molecular flexibility index (Phi) is 6.26. The molecule has 1 fully saturated rings. The van der Waals surface area contributed by atoms with Crippen LogP contribution < -0.4 is 11.0 Å². The summed E-state index contributed by atoms with van der Waals surface area (Å²) in [5, 5.41) is 8.12. The molecule has 0 saturated heterocycles. The monoisotopic (exact) mass is 345 g/mol. The van der Waals surface area contributed by atoms with Gasteiger partial charge >= 0.3 is 5.69 Å². The van der Waals surface area contributed by atoms with E-state index < -0.39 is 0 Å². The molecule has 0 aromatic carbocycles. The highest BCUT2D eigenvalue weighted by Crippen LogP contribution is 2.25. The van der Waals surface area contributed by atoms with Crippen LogP contribution in [-0.2, 0) is 6.54 Å². The number of fused-ring (bicyclic) bond motifs is 1. The lowest BCUT2D eigenvalue weighted by atomic mass is 9.84. The van der Waals surface area contributed by atoms with Gasteiger partial charge in [-0.15, -0.1) is 5.10 Å². The minimum absolute atomic E-state index is 0.0549. The molecule has 6 nitrogen and oxygen atoms in total. The van der Waals surface area contributed by atoms with Crippen LogP contribution in [0.25, 0.3) is 5.65 Å². The molecule has 0 amide bonds. The normalized spacial score (nSPS) is 21.2. The average molecular weight is 345 g/mol. The van der Waals surface area contributed by atoms with E-state index in [1.807, 2.05) is 18.2 Å². The molecule has 0 radical (unpaired) electrons. The summed E-state index contributed by atoms with van der Waals surface area (Å²) in [6, 6.07) is 6.19. The van der Waals surface area contributed by atoms with Gasteiger partial charge in [-0.2, -0.15) is 0 Å². The van der Waals surface area contributed by atoms with Gasteiger partial charge in [0.1, 0.15) is 0 Å². The Morgan fingerprint density at radius 3 is 2.80 bits per heavy atom. The summed E-state index contributed by atoms with van der Waals surface area (Å²) < 4.78 is 3.17. The largest absolute Gasteiger partial charge is 0.350 e. The minimum atomic E-state index is -0.0549. The van der Waals surface area contributed by atoms with E-state index in [2.05, 4.69) is 29.2 Å². The van der Waals surface area contributed by atoms with Crippen LogP contribution in [0.15, 0.2) is 29.2 Å². The fraction of sp³-hybridized carbons (Fsp3) is 0.684. The number of nitrogens with one attached hydrogen (secondary N) is 1. The smallest absolute Gasteiger partial charge is 0.312 e. The highest BCUT2D eigenvalue weighted by Gasteiger charge is 2.25. The van der Waals surface area contributed by atoms with Crippen LogP contribution in [0.5, 0.6) is 0 Å². The summed E-state index contributed by atoms with van der Waals surface area (Å²) >= 11 is 0. The molecule has 0 aliphatic heterocycles. The van der Waals surface area contributed by atoms with Crippen LogP contribution in [0, 0.1) is 5.92 Å². The van der Waals surface area contributed by atoms with Gasteiger partial charge in [-0.1, -0.05) is 32.8 Å². The van der Waals surface area contributed by atoms with Gasteiger partial charge in [-0.25, -0.2) is 9.48 Å². The predicted octanol–water partition coefficient (Wildman–Crippen LogP) is 1.99. The molecule has 0 bridgehead atoms. The highest BCUT2D eigenvalue weighted by molar-refractivity contribution is 5.35. The van der Waals surface area contributed by atoms with Crippen molar-refractivity contribution < 1.29 is 0 Å². The third-order valence-corrected chi connectivity index (χ3v) is 5.51. The van der Waals surface area contributed by atoms with Gasteiger partial charge in [0.2, 0.25) is 0 Å². The third-order valence-electron chi connectivity index (χ3n) is 5.51. The molecule has 2 aromatic rings. The zero-order valence-corrected chi connectivity index (χ0v) is 15.5. The summed E-state index contributed by atoms with van der Waals surface area (Å²) in [5.74, 6) is 0.714. The lowest BCUT2D eigenvalue weighted by Gasteiger charge is -2.35. The van der Waals surface area contributed by atoms with Crippen LogP contribution in [0.1, 0.15) is 39.5 Å². The molecule has 6 heteroatoms. The molecule has 25 heavy (non-hydrogen) atoms. The predicted molar refractivity (Wildman–Crippen MR) is 101 cm³/mol. The van der Waals surface area contributed by atoms with Crippen molar-refractivity contribution in [1.29, 1.82) is 0 Å². The maximum absolute atomic E-state index is 12.3. The quantitative estimate of drug-likeness (QED) is 0.795. The van der Waals surface area contributed by atoms with E-state index in [4.69, 9.17) is 0 Å². The van der Waals surface area contributed by atoms with Gasteiger partial charge in [0.25, 0.3) is 0 Å². The first kappa shape index (κ1) is 18.1. The molecule has 2 aromatic heterocycles. The van der Waals surface area contributed by atoms with Gasteiger partial charge < -0.3 is 10.2 Å². The Bertz CT molecular complexity index is 718. The molecule has 0 unspecified atom stereocenters. The van der Waals surface area contributed by atoms with E-state index in [0.29, 0.717) is 24.2 Å². The van der Waals surface area contributed by atoms with E-state index in [1.54, 1.807) is 15.3 Å². The second-order valence-corrected chi connectivity index (χ2v) is 7.03. The van der Waals surface area contributed by atoms with Crippen LogP contribution in [0.3, 0.4) is 0 Å². The number of aromatic nitrogens is 3. The Morgan fingerprint density at radius 1 is 1.24 bits per heavy atom. The van der Waals surface area contributed by atoms with Crippen molar-refractivity contribution in [3.63, 3.8) is 0 Å². The van der Waals surface area contributed by atoms with Crippen molar-refractivity contribution in [3.05, 3.63) is 34.9 Å². The average Bonchev–Trinajstić information content (AvgIpc) is 2.97. The molecule has 1 aliphatic carbocycles. The molecule has 2 atom stereocenters. The van der Waals surface area contributed by atoms with E-state index in [9.17, 15) is 4.79 Å². The van der Waals surface area contributed by atoms with Crippen LogP contribution in [-0.4, -0.2) is 51.3 Å². The molecular formula is C19H31N5O. The van der Waals surface area contributed by atoms with Crippen molar-refractivity contribution >= 4 is 5.65 Å². The van der Waals surface area contributed by atoms with Gasteiger partial charge in [0, 0.05) is 25.3 Å². The molecule has 2 heterocycles. The van der Waals surface area contributed by atoms with Crippen molar-refractivity contribution in [2.24, 2.45) is 5.92 Å². The number of hydrogen-bond acceptors (Lipinski definition) is 4. The summed E-state index contributed by atoms with van der Waals surface area (Å²) in [4.78, 5) is 14.9. The van der Waals surface area contributed by atoms with E-state index >= 15 is 0 Å². The Labute approximate surface area is 149 Å². The molecule has 0 spiro atoms. The third kappa shape index (κ3) is 4.30. The Hall–Kier alpha value is -1.66. The summed E-state index contributed by atoms with van der Waals surface area (Å²) in [6.45, 7) is 9.32. The highest BCUT2D eigenvalue weighted by atomic mass is 16.2. The summed E-state index contributed by atoms with van der Waals surface area (Å²) in [7, 11) is 0. The second-order valence-electron chi connectivity index (χ2n) is 7.03. The fourth-order valence-electron chi connectivity index (χ4n) is 3.98. The van der Waals surface area contributed by atoms with E-state index in [1.165, 1.54) is 32.2 Å². The van der Waals surface area contributed by atoms with Gasteiger partial charge in [-0.05, 0) is 44.0 Å². The van der Waals surface area contributed by atoms with Crippen LogP contribution >= 0.6 is 0 Å². The van der Waals surface area contributed by atoms with Crippen molar-refractivity contribution in [2.45, 2.75) is 52.1 Å². The van der Waals surface area contributed by atoms with Crippen LogP contribution in [0.4, 0.5) is 0 Å². The summed E-state index contributed by atoms with van der Waals surface area (Å²) in [6.07, 6.45) is 6.97. The molecule has 3 rings (SSSR count). The second kappa shape index (κ2) is 8.63. The first-order chi connectivity index (χ1) is 12.2. The number of rotatable bonds is 8. The molecule has 1 saturated carbocycles. The first-order valence-corrected chi connectivity index (χ1v) is 9.72. The Balaban J connectivity index is 1.57. The van der Waals surface area contributed by atoms with Gasteiger partial charge in [0.15, 0.2) is 5.65 Å². The lowest BCUT2D eigenvalue weighted by molar-refractivity contribution is 0.176. The van der Waals surface area contributed by atoms with E-state index in [0.717, 1.165) is 19.6 Å². The SMILES string of the molecule is CCN(CC)C[C@H]1CCCC[C@H]1NCCn1nc2ccccn2c1=O. The minimum Gasteiger partial charge on any atom is -0.312 e. The maximum atomic E-state index is 12.3. The van der Waals surface area contributed by atoms with Crippen LogP contribution in [0.2, 0.25) is 0 Å². The van der Waals surface area contributed by atoms with Crippen molar-refractivity contribution in [2.75, 3.05) is 26.2 Å². The number of pyridine rings is 1.